The molecule has 166 valence electrons. The second-order valence-electron chi connectivity index (χ2n) is 8.11. The molecule has 3 aromatic heterocycles. The van der Waals surface area contributed by atoms with Gasteiger partial charge in [-0.2, -0.15) is 4.52 Å². The number of Topliss-reactive ketones (excluding diaryl/α,β-unsaturated/α-hetero) is 1. The van der Waals surface area contributed by atoms with Gasteiger partial charge in [0, 0.05) is 34.5 Å². The van der Waals surface area contributed by atoms with Crippen molar-refractivity contribution in [2.24, 2.45) is 0 Å². The highest BCUT2D eigenvalue weighted by atomic mass is 32.2. The van der Waals surface area contributed by atoms with Gasteiger partial charge in [0.25, 0.3) is 0 Å². The second-order valence-corrected chi connectivity index (χ2v) is 9.05. The Morgan fingerprint density at radius 3 is 2.50 bits per heavy atom. The van der Waals surface area contributed by atoms with Crippen LogP contribution in [0.3, 0.4) is 0 Å². The summed E-state index contributed by atoms with van der Waals surface area (Å²) in [7, 11) is 0. The summed E-state index contributed by atoms with van der Waals surface area (Å²) in [6.07, 6.45) is 3.61. The number of hydrogen-bond donors (Lipinski definition) is 1. The third-order valence-electron chi connectivity index (χ3n) is 5.91. The molecule has 0 aliphatic heterocycles. The lowest BCUT2D eigenvalue weighted by Crippen LogP contribution is -2.05. The molecule has 3 aromatic carbocycles. The number of carbonyl (C=O) groups excluding carboxylic acids is 1. The highest BCUT2D eigenvalue weighted by Crippen LogP contribution is 2.25. The molecule has 0 bridgehead atoms. The lowest BCUT2D eigenvalue weighted by Gasteiger charge is -2.06. The van der Waals surface area contributed by atoms with E-state index in [0.717, 1.165) is 34.3 Å². The summed E-state index contributed by atoms with van der Waals surface area (Å²) in [5.74, 6) is 1.11. The maximum Gasteiger partial charge on any atom is 0.192 e. The van der Waals surface area contributed by atoms with Crippen molar-refractivity contribution in [3.8, 4) is 0 Å². The first kappa shape index (κ1) is 20.6. The molecular weight excluding hydrogens is 442 g/mol. The Morgan fingerprint density at radius 1 is 0.853 bits per heavy atom. The number of H-pyrrole nitrogens is 1. The Morgan fingerprint density at radius 2 is 1.62 bits per heavy atom. The normalized spacial score (nSPS) is 11.5. The number of fused-ring (bicyclic) bond motifs is 4. The average molecular weight is 464 g/mol. The number of rotatable bonds is 7. The van der Waals surface area contributed by atoms with Crippen molar-refractivity contribution in [1.82, 2.24) is 24.6 Å². The smallest absolute Gasteiger partial charge is 0.192 e. The number of aromatic amines is 1. The highest BCUT2D eigenvalue weighted by Gasteiger charge is 2.16. The van der Waals surface area contributed by atoms with Gasteiger partial charge in [0.05, 0.1) is 11.3 Å². The minimum atomic E-state index is 0.0633. The van der Waals surface area contributed by atoms with E-state index in [-0.39, 0.29) is 11.5 Å². The first-order valence-corrected chi connectivity index (χ1v) is 12.2. The lowest BCUT2D eigenvalue weighted by molar-refractivity contribution is 0.102. The number of aromatic nitrogens is 5. The maximum atomic E-state index is 12.7. The molecule has 3 heterocycles. The van der Waals surface area contributed by atoms with E-state index in [1.165, 1.54) is 22.7 Å². The van der Waals surface area contributed by atoms with Crippen LogP contribution in [-0.2, 0) is 12.8 Å². The largest absolute Gasteiger partial charge is 0.361 e. The highest BCUT2D eigenvalue weighted by molar-refractivity contribution is 7.99. The van der Waals surface area contributed by atoms with Crippen LogP contribution in [0.25, 0.3) is 27.5 Å². The van der Waals surface area contributed by atoms with E-state index in [0.29, 0.717) is 17.1 Å². The number of para-hydroxylation sites is 2. The van der Waals surface area contributed by atoms with E-state index in [4.69, 9.17) is 15.1 Å². The average Bonchev–Trinajstić information content (AvgIpc) is 3.51. The number of carbonyl (C=O) groups is 1. The molecule has 0 saturated carbocycles. The molecule has 0 saturated heterocycles. The first-order chi connectivity index (χ1) is 16.8. The molecule has 6 rings (SSSR count). The van der Waals surface area contributed by atoms with Crippen molar-refractivity contribution in [2.75, 3.05) is 5.75 Å². The summed E-state index contributed by atoms with van der Waals surface area (Å²) >= 11 is 1.39. The summed E-state index contributed by atoms with van der Waals surface area (Å²) in [6, 6.07) is 25.6. The van der Waals surface area contributed by atoms with Crippen LogP contribution in [-0.4, -0.2) is 36.1 Å². The summed E-state index contributed by atoms with van der Waals surface area (Å²) < 4.78 is 1.79. The number of aryl methyl sites for hydroxylation is 2. The van der Waals surface area contributed by atoms with Crippen molar-refractivity contribution in [1.29, 1.82) is 0 Å². The summed E-state index contributed by atoms with van der Waals surface area (Å²) in [4.78, 5) is 25.7. The molecule has 34 heavy (non-hydrogen) atoms. The van der Waals surface area contributed by atoms with Gasteiger partial charge in [-0.3, -0.25) is 4.79 Å². The quantitative estimate of drug-likeness (QED) is 0.192. The van der Waals surface area contributed by atoms with E-state index < -0.39 is 0 Å². The Kier molecular flexibility index (Phi) is 5.31. The first-order valence-electron chi connectivity index (χ1n) is 11.2. The van der Waals surface area contributed by atoms with Crippen molar-refractivity contribution in [3.05, 3.63) is 102 Å². The van der Waals surface area contributed by atoms with Crippen molar-refractivity contribution >= 4 is 45.0 Å². The predicted molar refractivity (Wildman–Crippen MR) is 135 cm³/mol. The summed E-state index contributed by atoms with van der Waals surface area (Å²) in [5, 5.41) is 7.65. The number of ketones is 1. The number of thioether (sulfide) groups is 1. The minimum absolute atomic E-state index is 0.0633. The molecule has 7 heteroatoms. The van der Waals surface area contributed by atoms with Gasteiger partial charge in [0.2, 0.25) is 0 Å². The zero-order valence-electron chi connectivity index (χ0n) is 18.3. The van der Waals surface area contributed by atoms with Crippen LogP contribution >= 0.6 is 11.8 Å². The Labute approximate surface area is 200 Å². The zero-order chi connectivity index (χ0) is 22.9. The van der Waals surface area contributed by atoms with E-state index in [1.807, 2.05) is 60.7 Å². The fourth-order valence-corrected chi connectivity index (χ4v) is 5.03. The third kappa shape index (κ3) is 3.84. The van der Waals surface area contributed by atoms with Gasteiger partial charge in [0.1, 0.15) is 0 Å². The number of benzene rings is 3. The van der Waals surface area contributed by atoms with E-state index in [2.05, 4.69) is 29.4 Å². The molecule has 1 N–H and O–H groups in total. The van der Waals surface area contributed by atoms with Crippen LogP contribution in [0.2, 0.25) is 0 Å². The van der Waals surface area contributed by atoms with Crippen molar-refractivity contribution in [2.45, 2.75) is 18.0 Å². The Balaban J connectivity index is 1.31. The van der Waals surface area contributed by atoms with Crippen molar-refractivity contribution in [3.63, 3.8) is 0 Å². The van der Waals surface area contributed by atoms with Gasteiger partial charge in [-0.15, -0.1) is 5.10 Å². The SMILES string of the molecule is O=C(CSc1nc2ccccc2c2nc(CCc3c[nH]c4ccccc34)nn12)c1ccccc1. The molecule has 6 aromatic rings. The molecule has 6 nitrogen and oxygen atoms in total. The van der Waals surface area contributed by atoms with Crippen LogP contribution in [0.15, 0.2) is 90.2 Å². The molecule has 0 spiro atoms. The zero-order valence-corrected chi connectivity index (χ0v) is 19.1. The van der Waals surface area contributed by atoms with Crippen LogP contribution in [0.4, 0.5) is 0 Å². The molecule has 0 unspecified atom stereocenters. The predicted octanol–water partition coefficient (Wildman–Crippen LogP) is 5.52. The van der Waals surface area contributed by atoms with Gasteiger partial charge < -0.3 is 4.98 Å². The van der Waals surface area contributed by atoms with Crippen LogP contribution < -0.4 is 0 Å². The summed E-state index contributed by atoms with van der Waals surface area (Å²) in [6.45, 7) is 0. The van der Waals surface area contributed by atoms with Gasteiger partial charge >= 0.3 is 0 Å². The van der Waals surface area contributed by atoms with Crippen LogP contribution in [0, 0.1) is 0 Å². The molecule has 0 fully saturated rings. The molecule has 0 aliphatic carbocycles. The number of nitrogens with one attached hydrogen (secondary N) is 1. The van der Waals surface area contributed by atoms with E-state index in [1.54, 1.807) is 4.52 Å². The van der Waals surface area contributed by atoms with E-state index in [9.17, 15) is 4.79 Å². The Bertz CT molecular complexity index is 1640. The van der Waals surface area contributed by atoms with E-state index >= 15 is 0 Å². The monoisotopic (exact) mass is 463 g/mol. The van der Waals surface area contributed by atoms with Gasteiger partial charge in [-0.05, 0) is 30.2 Å². The molecule has 0 atom stereocenters. The van der Waals surface area contributed by atoms with Gasteiger partial charge in [0.15, 0.2) is 22.4 Å². The summed E-state index contributed by atoms with van der Waals surface area (Å²) in [5.41, 5.74) is 4.71. The van der Waals surface area contributed by atoms with Gasteiger partial charge in [-0.1, -0.05) is 72.4 Å². The van der Waals surface area contributed by atoms with Crippen LogP contribution in [0.1, 0.15) is 21.7 Å². The van der Waals surface area contributed by atoms with Gasteiger partial charge in [-0.25, -0.2) is 9.97 Å². The van der Waals surface area contributed by atoms with Crippen LogP contribution in [0.5, 0.6) is 0 Å². The van der Waals surface area contributed by atoms with Crippen molar-refractivity contribution < 1.29 is 4.79 Å². The molecular formula is C27H21N5OS. The third-order valence-corrected chi connectivity index (χ3v) is 6.84. The number of nitrogens with zero attached hydrogens (tertiary/aromatic N) is 4. The fraction of sp³-hybridized carbons (Fsp3) is 0.111. The topological polar surface area (TPSA) is 75.9 Å². The second kappa shape index (κ2) is 8.76. The Hall–Kier alpha value is -3.97. The minimum Gasteiger partial charge on any atom is -0.361 e. The molecule has 0 aliphatic rings. The standard InChI is InChI=1S/C27H21N5OS/c33-24(18-8-2-1-3-9-18)17-34-27-29-23-13-7-5-11-21(23)26-30-25(31-32(26)27)15-14-19-16-28-22-12-6-4-10-20(19)22/h1-13,16,28H,14-15,17H2. The molecule has 0 amide bonds. The maximum absolute atomic E-state index is 12.7. The fourth-order valence-electron chi connectivity index (χ4n) is 4.19. The molecule has 0 radical (unpaired) electrons. The number of hydrogen-bond acceptors (Lipinski definition) is 5. The lowest BCUT2D eigenvalue weighted by atomic mass is 10.1.